The Morgan fingerprint density at radius 1 is 1.26 bits per heavy atom. The molecule has 0 bridgehead atoms. The van der Waals surface area contributed by atoms with E-state index < -0.39 is 0 Å². The topological polar surface area (TPSA) is 63.8 Å². The lowest BCUT2D eigenvalue weighted by molar-refractivity contribution is -0.0765. The van der Waals surface area contributed by atoms with E-state index in [2.05, 4.69) is 19.5 Å². The van der Waals surface area contributed by atoms with Crippen LogP contribution in [0.4, 0.5) is 0 Å². The Morgan fingerprint density at radius 3 is 2.79 bits per heavy atom. The first-order valence-electron chi connectivity index (χ1n) is 6.65. The molecule has 5 nitrogen and oxygen atoms in total. The molecule has 100 valence electrons. The molecule has 0 aromatic carbocycles. The Morgan fingerprint density at radius 2 is 2.05 bits per heavy atom. The Hall–Kier alpha value is -1.20. The average Bonchev–Trinajstić information content (AvgIpc) is 2.71. The highest BCUT2D eigenvalue weighted by Gasteiger charge is 2.53. The van der Waals surface area contributed by atoms with Gasteiger partial charge in [0.2, 0.25) is 0 Å². The van der Waals surface area contributed by atoms with Gasteiger partial charge in [0.25, 0.3) is 0 Å². The van der Waals surface area contributed by atoms with Gasteiger partial charge in [-0.05, 0) is 37.0 Å². The van der Waals surface area contributed by atoms with E-state index in [0.29, 0.717) is 34.7 Å². The Balaban J connectivity index is 1.56. The molecule has 2 aliphatic carbocycles. The molecule has 4 rings (SSSR count). The Kier molecular flexibility index (Phi) is 2.38. The molecule has 6 heteroatoms. The number of aliphatic hydroxyl groups is 1. The quantitative estimate of drug-likeness (QED) is 0.856. The molecular weight excluding hydrogens is 264 g/mol. The number of fused-ring (bicyclic) bond motifs is 1. The highest BCUT2D eigenvalue weighted by atomic mass is 35.5. The summed E-state index contributed by atoms with van der Waals surface area (Å²) < 4.78 is 2.13. The van der Waals surface area contributed by atoms with Gasteiger partial charge >= 0.3 is 0 Å². The van der Waals surface area contributed by atoms with Crippen molar-refractivity contribution < 1.29 is 5.11 Å². The van der Waals surface area contributed by atoms with Crippen LogP contribution in [0.3, 0.4) is 0 Å². The van der Waals surface area contributed by atoms with E-state index >= 15 is 0 Å². The lowest BCUT2D eigenvalue weighted by Crippen LogP contribution is -2.48. The van der Waals surface area contributed by atoms with Crippen molar-refractivity contribution in [1.82, 2.24) is 19.5 Å². The zero-order valence-corrected chi connectivity index (χ0v) is 11.2. The van der Waals surface area contributed by atoms with Crippen molar-refractivity contribution >= 4 is 22.8 Å². The number of hydrogen-bond donors (Lipinski definition) is 1. The predicted molar refractivity (Wildman–Crippen MR) is 70.8 cm³/mol. The van der Waals surface area contributed by atoms with Gasteiger partial charge in [0, 0.05) is 12.6 Å². The van der Waals surface area contributed by atoms with Gasteiger partial charge in [-0.1, -0.05) is 11.6 Å². The lowest BCUT2D eigenvalue weighted by Gasteiger charge is -2.57. The van der Waals surface area contributed by atoms with Crippen LogP contribution in [0.1, 0.15) is 31.7 Å². The fourth-order valence-corrected chi connectivity index (χ4v) is 4.03. The maximum Gasteiger partial charge on any atom is 0.165 e. The second-order valence-corrected chi connectivity index (χ2v) is 6.37. The summed E-state index contributed by atoms with van der Waals surface area (Å²) >= 11 is 6.01. The van der Waals surface area contributed by atoms with Gasteiger partial charge in [-0.15, -0.1) is 0 Å². The molecule has 0 atom stereocenters. The first kappa shape index (κ1) is 11.6. The fraction of sp³-hybridized carbons (Fsp3) is 0.615. The zero-order valence-electron chi connectivity index (χ0n) is 10.5. The van der Waals surface area contributed by atoms with Crippen molar-refractivity contribution in [3.63, 3.8) is 0 Å². The van der Waals surface area contributed by atoms with E-state index in [-0.39, 0.29) is 0 Å². The first-order valence-corrected chi connectivity index (χ1v) is 7.02. The summed E-state index contributed by atoms with van der Waals surface area (Å²) in [6, 6.07) is 0.468. The summed E-state index contributed by atoms with van der Waals surface area (Å²) in [5, 5.41) is 9.53. The summed E-state index contributed by atoms with van der Waals surface area (Å²) in [7, 11) is 0. The van der Waals surface area contributed by atoms with Crippen LogP contribution < -0.4 is 0 Å². The summed E-state index contributed by atoms with van der Waals surface area (Å²) in [4.78, 5) is 12.6. The zero-order chi connectivity index (χ0) is 13.0. The number of halogens is 1. The van der Waals surface area contributed by atoms with Crippen molar-refractivity contribution in [2.45, 2.75) is 31.7 Å². The van der Waals surface area contributed by atoms with Crippen molar-refractivity contribution in [3.8, 4) is 0 Å². The fourth-order valence-electron chi connectivity index (χ4n) is 3.85. The summed E-state index contributed by atoms with van der Waals surface area (Å²) in [6.45, 7) is 0.337. The van der Waals surface area contributed by atoms with Crippen LogP contribution in [-0.4, -0.2) is 31.2 Å². The molecule has 2 aromatic rings. The normalized spacial score (nSPS) is 33.4. The predicted octanol–water partition coefficient (Wildman–Crippen LogP) is 2.20. The Bertz CT molecular complexity index is 627. The Labute approximate surface area is 115 Å². The van der Waals surface area contributed by atoms with E-state index in [4.69, 9.17) is 16.7 Å². The van der Waals surface area contributed by atoms with Crippen LogP contribution in [0.15, 0.2) is 12.7 Å². The second kappa shape index (κ2) is 3.90. The molecule has 2 saturated carbocycles. The molecule has 2 aromatic heterocycles. The van der Waals surface area contributed by atoms with Crippen molar-refractivity contribution in [2.75, 3.05) is 6.61 Å². The minimum atomic E-state index is 0.337. The number of aromatic nitrogens is 4. The third-order valence-corrected chi connectivity index (χ3v) is 5.02. The molecular formula is C13H15ClN4O. The third-order valence-electron chi connectivity index (χ3n) is 4.75. The molecule has 0 unspecified atom stereocenters. The van der Waals surface area contributed by atoms with Crippen molar-refractivity contribution in [3.05, 3.63) is 17.8 Å². The maximum absolute atomic E-state index is 9.11. The number of hydrogen-bond acceptors (Lipinski definition) is 4. The van der Waals surface area contributed by atoms with Gasteiger partial charge in [-0.2, -0.15) is 0 Å². The van der Waals surface area contributed by atoms with Gasteiger partial charge < -0.3 is 9.67 Å². The molecule has 2 aliphatic rings. The summed E-state index contributed by atoms with van der Waals surface area (Å²) in [5.74, 6) is 0.525. The van der Waals surface area contributed by atoms with Crippen molar-refractivity contribution in [2.24, 2.45) is 11.3 Å². The molecule has 1 spiro atoms. The monoisotopic (exact) mass is 278 g/mol. The molecule has 1 N–H and O–H groups in total. The summed E-state index contributed by atoms with van der Waals surface area (Å²) in [6.07, 6.45) is 7.98. The standard InChI is InChI=1S/C13H15ClN4O/c14-11-10-12(16-6-15-11)18(7-17-10)9-3-13(4-9)1-8(2-13)5-19/h6-9,19H,1-5H2. The number of imidazole rings is 1. The number of nitrogens with zero attached hydrogens (tertiary/aromatic N) is 4. The van der Waals surface area contributed by atoms with E-state index in [1.165, 1.54) is 19.2 Å². The van der Waals surface area contributed by atoms with Crippen LogP contribution in [0, 0.1) is 11.3 Å². The second-order valence-electron chi connectivity index (χ2n) is 6.01. The third kappa shape index (κ3) is 1.61. The average molecular weight is 279 g/mol. The van der Waals surface area contributed by atoms with Crippen LogP contribution >= 0.6 is 11.6 Å². The van der Waals surface area contributed by atoms with Crippen LogP contribution in [-0.2, 0) is 0 Å². The molecule has 2 heterocycles. The minimum Gasteiger partial charge on any atom is -0.396 e. The van der Waals surface area contributed by atoms with E-state index in [1.54, 1.807) is 0 Å². The minimum absolute atomic E-state index is 0.337. The van der Waals surface area contributed by atoms with Crippen LogP contribution in [0.25, 0.3) is 11.2 Å². The first-order chi connectivity index (χ1) is 9.21. The number of aliphatic hydroxyl groups excluding tert-OH is 1. The molecule has 19 heavy (non-hydrogen) atoms. The largest absolute Gasteiger partial charge is 0.396 e. The molecule has 0 aliphatic heterocycles. The number of rotatable bonds is 2. The van der Waals surface area contributed by atoms with E-state index in [1.807, 2.05) is 6.33 Å². The highest BCUT2D eigenvalue weighted by molar-refractivity contribution is 6.33. The molecule has 0 amide bonds. The van der Waals surface area contributed by atoms with Crippen LogP contribution in [0.2, 0.25) is 5.15 Å². The maximum atomic E-state index is 9.11. The van der Waals surface area contributed by atoms with Gasteiger partial charge in [-0.25, -0.2) is 15.0 Å². The SMILES string of the molecule is OCC1CC2(C1)CC(n1cnc3c(Cl)ncnc31)C2. The van der Waals surface area contributed by atoms with Gasteiger partial charge in [0.05, 0.1) is 6.33 Å². The van der Waals surface area contributed by atoms with E-state index in [9.17, 15) is 0 Å². The molecule has 0 radical (unpaired) electrons. The van der Waals surface area contributed by atoms with Crippen molar-refractivity contribution in [1.29, 1.82) is 0 Å². The lowest BCUT2D eigenvalue weighted by atomic mass is 9.50. The van der Waals surface area contributed by atoms with Gasteiger partial charge in [0.1, 0.15) is 11.8 Å². The summed E-state index contributed by atoms with van der Waals surface area (Å²) in [5.41, 5.74) is 2.00. The van der Waals surface area contributed by atoms with E-state index in [0.717, 1.165) is 18.5 Å². The van der Waals surface area contributed by atoms with Crippen LogP contribution in [0.5, 0.6) is 0 Å². The van der Waals surface area contributed by atoms with Gasteiger partial charge in [0.15, 0.2) is 10.8 Å². The highest BCUT2D eigenvalue weighted by Crippen LogP contribution is 2.62. The molecule has 0 saturated heterocycles. The molecule has 2 fully saturated rings. The van der Waals surface area contributed by atoms with Gasteiger partial charge in [-0.3, -0.25) is 0 Å². The smallest absolute Gasteiger partial charge is 0.165 e.